The van der Waals surface area contributed by atoms with E-state index in [9.17, 15) is 4.79 Å². The molecule has 3 fully saturated rings. The average Bonchev–Trinajstić information content (AvgIpc) is 2.47. The van der Waals surface area contributed by atoms with Gasteiger partial charge in [0.2, 0.25) is 0 Å². The molecule has 4 rings (SSSR count). The molecular weight excluding hydrogens is 238 g/mol. The Morgan fingerprint density at radius 1 is 1.21 bits per heavy atom. The molecule has 2 amide bonds. The Kier molecular flexibility index (Phi) is 3.69. The fourth-order valence-electron chi connectivity index (χ4n) is 3.13. The normalized spacial score (nSPS) is 28.9. The highest BCUT2D eigenvalue weighted by Gasteiger charge is 2.34. The van der Waals surface area contributed by atoms with Crippen LogP contribution in [0.1, 0.15) is 18.4 Å². The number of carbonyl (C=O) groups is 1. The lowest BCUT2D eigenvalue weighted by atomic mass is 9.84. The van der Waals surface area contributed by atoms with Crippen molar-refractivity contribution in [2.24, 2.45) is 5.92 Å². The molecule has 4 nitrogen and oxygen atoms in total. The first-order chi connectivity index (χ1) is 9.31. The highest BCUT2D eigenvalue weighted by molar-refractivity contribution is 5.74. The van der Waals surface area contributed by atoms with Crippen molar-refractivity contribution in [3.63, 3.8) is 0 Å². The molecule has 3 aliphatic rings. The van der Waals surface area contributed by atoms with Crippen molar-refractivity contribution in [3.05, 3.63) is 35.9 Å². The number of urea groups is 1. The van der Waals surface area contributed by atoms with Crippen LogP contribution in [0.15, 0.2) is 30.3 Å². The number of carbonyl (C=O) groups excluding carboxylic acids is 1. The van der Waals surface area contributed by atoms with Gasteiger partial charge in [-0.15, -0.1) is 0 Å². The van der Waals surface area contributed by atoms with Crippen molar-refractivity contribution >= 4 is 6.03 Å². The first-order valence-corrected chi connectivity index (χ1v) is 7.12. The summed E-state index contributed by atoms with van der Waals surface area (Å²) in [5.74, 6) is 0.674. The second-order valence-corrected chi connectivity index (χ2v) is 5.56. The molecule has 3 saturated heterocycles. The van der Waals surface area contributed by atoms with Crippen LogP contribution in [0.3, 0.4) is 0 Å². The van der Waals surface area contributed by atoms with Crippen molar-refractivity contribution < 1.29 is 4.79 Å². The number of rotatable bonds is 3. The first kappa shape index (κ1) is 12.5. The number of piperidine rings is 3. The molecule has 1 aromatic carbocycles. The van der Waals surface area contributed by atoms with E-state index in [0.717, 1.165) is 12.1 Å². The summed E-state index contributed by atoms with van der Waals surface area (Å²) in [6.45, 7) is 4.01. The van der Waals surface area contributed by atoms with Gasteiger partial charge in [0.25, 0.3) is 0 Å². The highest BCUT2D eigenvalue weighted by atomic mass is 16.2. The van der Waals surface area contributed by atoms with E-state index in [1.807, 2.05) is 30.3 Å². The summed E-state index contributed by atoms with van der Waals surface area (Å²) in [5.41, 5.74) is 1.13. The summed E-state index contributed by atoms with van der Waals surface area (Å²) in [6, 6.07) is 10.3. The van der Waals surface area contributed by atoms with Crippen LogP contribution in [-0.4, -0.2) is 36.6 Å². The van der Waals surface area contributed by atoms with Crippen LogP contribution in [0, 0.1) is 5.92 Å². The van der Waals surface area contributed by atoms with Crippen LogP contribution in [0.25, 0.3) is 0 Å². The van der Waals surface area contributed by atoms with E-state index < -0.39 is 0 Å². The minimum absolute atomic E-state index is 0.0393. The number of hydrogen-bond donors (Lipinski definition) is 2. The Morgan fingerprint density at radius 3 is 2.58 bits per heavy atom. The van der Waals surface area contributed by atoms with Crippen LogP contribution in [0.5, 0.6) is 0 Å². The second-order valence-electron chi connectivity index (χ2n) is 5.56. The average molecular weight is 259 g/mol. The van der Waals surface area contributed by atoms with E-state index in [2.05, 4.69) is 15.5 Å². The monoisotopic (exact) mass is 259 g/mol. The summed E-state index contributed by atoms with van der Waals surface area (Å²) < 4.78 is 0. The van der Waals surface area contributed by atoms with E-state index in [-0.39, 0.29) is 6.03 Å². The van der Waals surface area contributed by atoms with Gasteiger partial charge in [-0.25, -0.2) is 4.79 Å². The molecule has 4 heteroatoms. The lowest BCUT2D eigenvalue weighted by Gasteiger charge is -2.44. The van der Waals surface area contributed by atoms with Crippen molar-refractivity contribution in [1.29, 1.82) is 0 Å². The Balaban J connectivity index is 1.46. The molecule has 1 unspecified atom stereocenters. The Labute approximate surface area is 114 Å². The molecule has 2 bridgehead atoms. The quantitative estimate of drug-likeness (QED) is 0.865. The van der Waals surface area contributed by atoms with Crippen LogP contribution in [-0.2, 0) is 6.54 Å². The summed E-state index contributed by atoms with van der Waals surface area (Å²) in [6.07, 6.45) is 2.45. The standard InChI is InChI=1S/C15H21N3O/c19-15(16-10-12-4-2-1-3-5-12)17-14-11-18-8-6-13(14)7-9-18/h1-5,13-14H,6-11H2,(H2,16,17,19). The predicted octanol–water partition coefficient (Wildman–Crippen LogP) is 1.58. The minimum atomic E-state index is -0.0393. The van der Waals surface area contributed by atoms with E-state index in [1.165, 1.54) is 25.9 Å². The summed E-state index contributed by atoms with van der Waals surface area (Å²) in [7, 11) is 0. The third-order valence-corrected chi connectivity index (χ3v) is 4.27. The summed E-state index contributed by atoms with van der Waals surface area (Å²) in [4.78, 5) is 14.4. The van der Waals surface area contributed by atoms with Crippen LogP contribution in [0.4, 0.5) is 4.79 Å². The van der Waals surface area contributed by atoms with Gasteiger partial charge in [0.1, 0.15) is 0 Å². The number of fused-ring (bicyclic) bond motifs is 3. The first-order valence-electron chi connectivity index (χ1n) is 7.12. The largest absolute Gasteiger partial charge is 0.334 e. The summed E-state index contributed by atoms with van der Waals surface area (Å²) >= 11 is 0. The molecule has 0 radical (unpaired) electrons. The number of hydrogen-bond acceptors (Lipinski definition) is 2. The molecular formula is C15H21N3O. The molecule has 3 heterocycles. The summed E-state index contributed by atoms with van der Waals surface area (Å²) in [5, 5.41) is 6.07. The fourth-order valence-corrected chi connectivity index (χ4v) is 3.13. The minimum Gasteiger partial charge on any atom is -0.334 e. The van der Waals surface area contributed by atoms with Crippen LogP contribution >= 0.6 is 0 Å². The van der Waals surface area contributed by atoms with Gasteiger partial charge in [0, 0.05) is 19.1 Å². The van der Waals surface area contributed by atoms with Gasteiger partial charge in [-0.2, -0.15) is 0 Å². The van der Waals surface area contributed by atoms with Gasteiger partial charge in [-0.1, -0.05) is 30.3 Å². The Bertz CT molecular complexity index is 426. The highest BCUT2D eigenvalue weighted by Crippen LogP contribution is 2.27. The molecule has 0 aromatic heterocycles. The molecule has 0 saturated carbocycles. The van der Waals surface area contributed by atoms with Gasteiger partial charge < -0.3 is 15.5 Å². The molecule has 1 aromatic rings. The maximum Gasteiger partial charge on any atom is 0.315 e. The zero-order valence-electron chi connectivity index (χ0n) is 11.1. The van der Waals surface area contributed by atoms with E-state index in [1.54, 1.807) is 0 Å². The fraction of sp³-hybridized carbons (Fsp3) is 0.533. The number of nitrogens with one attached hydrogen (secondary N) is 2. The third-order valence-electron chi connectivity index (χ3n) is 4.27. The molecule has 2 N–H and O–H groups in total. The number of amides is 2. The molecule has 0 spiro atoms. The second kappa shape index (κ2) is 5.61. The smallest absolute Gasteiger partial charge is 0.315 e. The Hall–Kier alpha value is -1.55. The molecule has 19 heavy (non-hydrogen) atoms. The predicted molar refractivity (Wildman–Crippen MR) is 74.8 cm³/mol. The maximum atomic E-state index is 11.9. The zero-order valence-corrected chi connectivity index (χ0v) is 11.1. The van der Waals surface area contributed by atoms with Gasteiger partial charge >= 0.3 is 6.03 Å². The number of benzene rings is 1. The van der Waals surface area contributed by atoms with Gasteiger partial charge in [-0.3, -0.25) is 0 Å². The van der Waals surface area contributed by atoms with Gasteiger partial charge in [-0.05, 0) is 37.4 Å². The lowest BCUT2D eigenvalue weighted by Crippen LogP contribution is -2.58. The molecule has 102 valence electrons. The van der Waals surface area contributed by atoms with Gasteiger partial charge in [0.05, 0.1) is 0 Å². The van der Waals surface area contributed by atoms with E-state index in [4.69, 9.17) is 0 Å². The number of nitrogens with zero attached hydrogens (tertiary/aromatic N) is 1. The van der Waals surface area contributed by atoms with E-state index >= 15 is 0 Å². The van der Waals surface area contributed by atoms with Crippen molar-refractivity contribution in [2.45, 2.75) is 25.4 Å². The van der Waals surface area contributed by atoms with Crippen LogP contribution in [0.2, 0.25) is 0 Å². The van der Waals surface area contributed by atoms with Crippen molar-refractivity contribution in [1.82, 2.24) is 15.5 Å². The SMILES string of the molecule is O=C(NCc1ccccc1)NC1CN2CCC1CC2. The van der Waals surface area contributed by atoms with Gasteiger partial charge in [0.15, 0.2) is 0 Å². The molecule has 0 aliphatic carbocycles. The lowest BCUT2D eigenvalue weighted by molar-refractivity contribution is 0.0766. The van der Waals surface area contributed by atoms with Crippen LogP contribution < -0.4 is 10.6 Å². The van der Waals surface area contributed by atoms with E-state index in [0.29, 0.717) is 18.5 Å². The third kappa shape index (κ3) is 3.07. The molecule has 1 atom stereocenters. The van der Waals surface area contributed by atoms with Crippen molar-refractivity contribution in [2.75, 3.05) is 19.6 Å². The Morgan fingerprint density at radius 2 is 1.95 bits per heavy atom. The zero-order chi connectivity index (χ0) is 13.1. The topological polar surface area (TPSA) is 44.4 Å². The molecule has 3 aliphatic heterocycles. The van der Waals surface area contributed by atoms with Crippen molar-refractivity contribution in [3.8, 4) is 0 Å². The maximum absolute atomic E-state index is 11.9.